The molecule has 0 amide bonds. The van der Waals surface area contributed by atoms with E-state index in [1.807, 2.05) is 0 Å². The van der Waals surface area contributed by atoms with Crippen LogP contribution in [-0.2, 0) is 23.7 Å². The van der Waals surface area contributed by atoms with E-state index < -0.39 is 80.6 Å². The summed E-state index contributed by atoms with van der Waals surface area (Å²) in [5.41, 5.74) is 0. The number of esters is 1. The zero-order valence-corrected chi connectivity index (χ0v) is 19.5. The maximum absolute atomic E-state index is 12.0. The first-order valence-corrected chi connectivity index (χ1v) is 12.0. The maximum atomic E-state index is 12.0. The van der Waals surface area contributed by atoms with Crippen LogP contribution in [0.5, 0.6) is 0 Å². The lowest BCUT2D eigenvalue weighted by molar-refractivity contribution is -0.355. The van der Waals surface area contributed by atoms with Crippen LogP contribution in [0.1, 0.15) is 58.3 Å². The van der Waals surface area contributed by atoms with Gasteiger partial charge in [-0.1, -0.05) is 45.4 Å². The molecule has 2 aliphatic heterocycles. The van der Waals surface area contributed by atoms with Crippen LogP contribution in [0.25, 0.3) is 0 Å². The Bertz CT molecular complexity index is 590. The molecule has 0 aromatic rings. The molecule has 0 saturated carbocycles. The molecule has 0 aromatic carbocycles. The molecule has 200 valence electrons. The molecule has 34 heavy (non-hydrogen) atoms. The molecule has 2 heterocycles. The van der Waals surface area contributed by atoms with Crippen LogP contribution in [0.3, 0.4) is 0 Å². The van der Waals surface area contributed by atoms with Gasteiger partial charge in [-0.2, -0.15) is 0 Å². The van der Waals surface area contributed by atoms with Crippen molar-refractivity contribution in [1.29, 1.82) is 0 Å². The highest BCUT2D eigenvalue weighted by Crippen LogP contribution is 2.28. The van der Waals surface area contributed by atoms with Gasteiger partial charge >= 0.3 is 5.97 Å². The SMILES string of the molecule is CCCCCCCCCC(=O)OC[C@H]1O[C@@H](O[C@H]2[C@H](O)[C@@H](O)[C@@H](O)O[C@@H]2CO)[C@H](O)[C@@H](O)[C@H]1O. The van der Waals surface area contributed by atoms with Crippen molar-refractivity contribution < 1.29 is 59.5 Å². The monoisotopic (exact) mass is 496 g/mol. The average molecular weight is 497 g/mol. The predicted molar refractivity (Wildman–Crippen MR) is 115 cm³/mol. The van der Waals surface area contributed by atoms with Crippen molar-refractivity contribution in [3.05, 3.63) is 0 Å². The second-order valence-electron chi connectivity index (χ2n) is 8.90. The third-order valence-electron chi connectivity index (χ3n) is 6.19. The summed E-state index contributed by atoms with van der Waals surface area (Å²) in [7, 11) is 0. The minimum Gasteiger partial charge on any atom is -0.463 e. The average Bonchev–Trinajstić information content (AvgIpc) is 2.82. The number of aliphatic hydroxyl groups excluding tert-OH is 7. The predicted octanol–water partition coefficient (Wildman–Crippen LogP) is -1.71. The first-order chi connectivity index (χ1) is 16.2. The maximum Gasteiger partial charge on any atom is 0.305 e. The number of hydrogen-bond donors (Lipinski definition) is 7. The Balaban J connectivity index is 1.85. The van der Waals surface area contributed by atoms with Crippen LogP contribution < -0.4 is 0 Å². The molecule has 12 nitrogen and oxygen atoms in total. The quantitative estimate of drug-likeness (QED) is 0.113. The fourth-order valence-electron chi connectivity index (χ4n) is 4.03. The van der Waals surface area contributed by atoms with Crippen molar-refractivity contribution in [2.24, 2.45) is 0 Å². The van der Waals surface area contributed by atoms with E-state index in [0.29, 0.717) is 6.42 Å². The summed E-state index contributed by atoms with van der Waals surface area (Å²) >= 11 is 0. The molecule has 2 saturated heterocycles. The molecular weight excluding hydrogens is 456 g/mol. The standard InChI is InChI=1S/C22H40O12/c1-2-3-4-5-6-7-8-9-14(24)31-11-13-15(25)16(26)19(29)22(33-13)34-20-12(10-23)32-21(30)18(28)17(20)27/h12-13,15-23,25-30H,2-11H2,1H3/t12-,13-,15+,16+,17-,18-,19-,20-,21+,22+/m1/s1. The number of aliphatic hydroxyl groups is 7. The molecule has 2 rings (SSSR count). The lowest BCUT2D eigenvalue weighted by Gasteiger charge is -2.45. The van der Waals surface area contributed by atoms with Crippen LogP contribution in [0.15, 0.2) is 0 Å². The minimum atomic E-state index is -1.76. The van der Waals surface area contributed by atoms with Gasteiger partial charge in [-0.05, 0) is 6.42 Å². The van der Waals surface area contributed by atoms with Crippen molar-refractivity contribution in [2.45, 2.75) is 120 Å². The fourth-order valence-corrected chi connectivity index (χ4v) is 4.03. The fraction of sp³-hybridized carbons (Fsp3) is 0.955. The normalized spacial score (nSPS) is 38.6. The van der Waals surface area contributed by atoms with Gasteiger partial charge in [0.15, 0.2) is 12.6 Å². The van der Waals surface area contributed by atoms with Crippen LogP contribution >= 0.6 is 0 Å². The topological polar surface area (TPSA) is 196 Å². The first-order valence-electron chi connectivity index (χ1n) is 12.0. The van der Waals surface area contributed by atoms with Crippen molar-refractivity contribution >= 4 is 5.97 Å². The third-order valence-corrected chi connectivity index (χ3v) is 6.19. The van der Waals surface area contributed by atoms with E-state index in [4.69, 9.17) is 18.9 Å². The highest BCUT2D eigenvalue weighted by molar-refractivity contribution is 5.69. The van der Waals surface area contributed by atoms with Crippen LogP contribution in [0, 0.1) is 0 Å². The van der Waals surface area contributed by atoms with E-state index in [0.717, 1.165) is 19.3 Å². The number of unbranched alkanes of at least 4 members (excludes halogenated alkanes) is 6. The number of rotatable bonds is 13. The van der Waals surface area contributed by atoms with Crippen molar-refractivity contribution in [1.82, 2.24) is 0 Å². The van der Waals surface area contributed by atoms with Gasteiger partial charge in [-0.15, -0.1) is 0 Å². The molecule has 0 radical (unpaired) electrons. The van der Waals surface area contributed by atoms with Gasteiger partial charge < -0.3 is 54.7 Å². The number of ether oxygens (including phenoxy) is 4. The number of carbonyl (C=O) groups excluding carboxylic acids is 1. The largest absolute Gasteiger partial charge is 0.463 e. The van der Waals surface area contributed by atoms with E-state index in [1.54, 1.807) is 0 Å². The van der Waals surface area contributed by atoms with Crippen LogP contribution in [0.2, 0.25) is 0 Å². The molecule has 10 atom stereocenters. The number of carbonyl (C=O) groups is 1. The molecule has 12 heteroatoms. The Morgan fingerprint density at radius 1 is 0.765 bits per heavy atom. The minimum absolute atomic E-state index is 0.200. The molecule has 0 aromatic heterocycles. The van der Waals surface area contributed by atoms with Gasteiger partial charge in [0, 0.05) is 6.42 Å². The third kappa shape index (κ3) is 8.05. The molecule has 0 bridgehead atoms. The van der Waals surface area contributed by atoms with Gasteiger partial charge in [0.25, 0.3) is 0 Å². The van der Waals surface area contributed by atoms with E-state index in [1.165, 1.54) is 19.3 Å². The Morgan fingerprint density at radius 3 is 2.06 bits per heavy atom. The Hall–Kier alpha value is -0.930. The van der Waals surface area contributed by atoms with E-state index >= 15 is 0 Å². The Morgan fingerprint density at radius 2 is 1.41 bits per heavy atom. The van der Waals surface area contributed by atoms with Gasteiger partial charge in [0.2, 0.25) is 0 Å². The summed E-state index contributed by atoms with van der Waals surface area (Å²) in [6, 6.07) is 0. The molecule has 0 spiro atoms. The number of hydrogen-bond acceptors (Lipinski definition) is 12. The highest BCUT2D eigenvalue weighted by atomic mass is 16.7. The second kappa shape index (κ2) is 14.6. The zero-order valence-electron chi connectivity index (χ0n) is 19.5. The van der Waals surface area contributed by atoms with Crippen molar-refractivity contribution in [2.75, 3.05) is 13.2 Å². The summed E-state index contributed by atoms with van der Waals surface area (Å²) in [6.07, 6.45) is -8.39. The summed E-state index contributed by atoms with van der Waals surface area (Å²) in [5, 5.41) is 69.7. The van der Waals surface area contributed by atoms with E-state index in [9.17, 15) is 40.5 Å². The zero-order chi connectivity index (χ0) is 25.3. The molecular formula is C22H40O12. The molecule has 2 fully saturated rings. The van der Waals surface area contributed by atoms with Crippen molar-refractivity contribution in [3.63, 3.8) is 0 Å². The second-order valence-corrected chi connectivity index (χ2v) is 8.90. The first kappa shape index (κ1) is 29.3. The lowest BCUT2D eigenvalue weighted by Crippen LogP contribution is -2.64. The van der Waals surface area contributed by atoms with Gasteiger partial charge in [-0.3, -0.25) is 4.79 Å². The van der Waals surface area contributed by atoms with E-state index in [-0.39, 0.29) is 6.42 Å². The molecule has 0 unspecified atom stereocenters. The highest BCUT2D eigenvalue weighted by Gasteiger charge is 2.50. The van der Waals surface area contributed by atoms with Gasteiger partial charge in [-0.25, -0.2) is 0 Å². The molecule has 0 aliphatic carbocycles. The van der Waals surface area contributed by atoms with Crippen molar-refractivity contribution in [3.8, 4) is 0 Å². The molecule has 7 N–H and O–H groups in total. The Kier molecular flexibility index (Phi) is 12.6. The van der Waals surface area contributed by atoms with E-state index in [2.05, 4.69) is 6.92 Å². The molecule has 2 aliphatic rings. The van der Waals surface area contributed by atoms with Gasteiger partial charge in [0.05, 0.1) is 6.61 Å². The smallest absolute Gasteiger partial charge is 0.305 e. The van der Waals surface area contributed by atoms with Crippen LogP contribution in [-0.4, -0.2) is 116 Å². The summed E-state index contributed by atoms with van der Waals surface area (Å²) in [4.78, 5) is 12.0. The summed E-state index contributed by atoms with van der Waals surface area (Å²) in [6.45, 7) is 1.04. The van der Waals surface area contributed by atoms with Gasteiger partial charge in [0.1, 0.15) is 55.4 Å². The summed E-state index contributed by atoms with van der Waals surface area (Å²) in [5.74, 6) is -0.490. The lowest BCUT2D eigenvalue weighted by atomic mass is 9.97. The Labute approximate surface area is 199 Å². The van der Waals surface area contributed by atoms with Crippen LogP contribution in [0.4, 0.5) is 0 Å². The summed E-state index contributed by atoms with van der Waals surface area (Å²) < 4.78 is 21.1.